The van der Waals surface area contributed by atoms with E-state index in [1.807, 2.05) is 0 Å². The Balaban J connectivity index is -0.000000167. The van der Waals surface area contributed by atoms with E-state index < -0.39 is 7.82 Å². The zero-order chi connectivity index (χ0) is 26.5. The molecule has 0 aliphatic rings. The molecule has 6 N–H and O–H groups in total. The fourth-order valence-electron chi connectivity index (χ4n) is 0.702. The minimum absolute atomic E-state index is 0.0278. The van der Waals surface area contributed by atoms with Gasteiger partial charge in [0, 0.05) is 64.2 Å². The van der Waals surface area contributed by atoms with Crippen LogP contribution in [0.1, 0.15) is 0 Å². The van der Waals surface area contributed by atoms with Crippen LogP contribution in [0.15, 0.2) is 0 Å². The van der Waals surface area contributed by atoms with Gasteiger partial charge in [-0.3, -0.25) is 0 Å². The van der Waals surface area contributed by atoms with E-state index in [0.717, 1.165) is 48.0 Å². The summed E-state index contributed by atoms with van der Waals surface area (Å²) in [5.41, 5.74) is -0.0833. The van der Waals surface area contributed by atoms with Crippen molar-refractivity contribution in [1.29, 1.82) is 0 Å². The zero-order valence-electron chi connectivity index (χ0n) is 16.9. The van der Waals surface area contributed by atoms with Crippen molar-refractivity contribution >= 4 is 151 Å². The molecule has 17 heteroatoms. The monoisotopic (exact) mass is 1060 g/mol. The lowest BCUT2D eigenvalue weighted by atomic mass is 9.98. The average molecular weight is 1070 g/mol. The highest BCUT2D eigenvalue weighted by Crippen LogP contribution is 2.26. The van der Waals surface area contributed by atoms with Crippen molar-refractivity contribution in [1.82, 2.24) is 0 Å². The van der Waals surface area contributed by atoms with Gasteiger partial charge in [-0.25, -0.2) is 4.57 Å². The highest BCUT2D eigenvalue weighted by molar-refractivity contribution is 9.11. The molecule has 32 heavy (non-hydrogen) atoms. The molecule has 0 aliphatic heterocycles. The molecule has 0 unspecified atom stereocenters. The predicted molar refractivity (Wildman–Crippen MR) is 167 cm³/mol. The molecule has 0 radical (unpaired) electrons. The van der Waals surface area contributed by atoms with Gasteiger partial charge < -0.3 is 30.0 Å². The normalized spacial score (nSPS) is 12.0. The van der Waals surface area contributed by atoms with Gasteiger partial charge in [-0.05, 0) is 0 Å². The van der Waals surface area contributed by atoms with Crippen LogP contribution in [0.3, 0.4) is 0 Å². The van der Waals surface area contributed by atoms with Crippen LogP contribution in [0.2, 0.25) is 0 Å². The summed E-state index contributed by atoms with van der Waals surface area (Å²) in [4.78, 5) is 21.6. The number of aliphatic hydroxyl groups excluding tert-OH is 3. The van der Waals surface area contributed by atoms with E-state index in [1.165, 1.54) is 0 Å². The van der Waals surface area contributed by atoms with E-state index in [2.05, 4.69) is 143 Å². The van der Waals surface area contributed by atoms with Crippen molar-refractivity contribution < 1.29 is 34.6 Å². The van der Waals surface area contributed by atoms with Gasteiger partial charge in [0.1, 0.15) is 0 Å². The van der Waals surface area contributed by atoms with Crippen LogP contribution in [0.25, 0.3) is 0 Å². The van der Waals surface area contributed by atoms with Gasteiger partial charge in [-0.1, -0.05) is 143 Å². The number of rotatable bonds is 12. The molecule has 0 spiro atoms. The van der Waals surface area contributed by atoms with E-state index >= 15 is 0 Å². The first kappa shape index (κ1) is 43.4. The van der Waals surface area contributed by atoms with E-state index in [0.29, 0.717) is 0 Å². The molecule has 0 aromatic carbocycles. The van der Waals surface area contributed by atoms with Gasteiger partial charge >= 0.3 is 7.82 Å². The van der Waals surface area contributed by atoms with Crippen molar-refractivity contribution in [2.45, 2.75) is 0 Å². The highest BCUT2D eigenvalue weighted by Gasteiger charge is 2.26. The SMILES string of the molecule is O=P(O)(O)O.OCC(CBr)(CBr)CBr.OCC(CBr)(CBr)CBr.OCC(CBr)(CBr)CBr. The van der Waals surface area contributed by atoms with Gasteiger partial charge in [0.05, 0.1) is 19.8 Å². The number of hydrogen-bond acceptors (Lipinski definition) is 4. The van der Waals surface area contributed by atoms with Crippen molar-refractivity contribution in [2.75, 3.05) is 67.8 Å². The van der Waals surface area contributed by atoms with Crippen LogP contribution in [0, 0.1) is 16.2 Å². The van der Waals surface area contributed by atoms with Crippen molar-refractivity contribution in [2.24, 2.45) is 16.2 Å². The van der Waals surface area contributed by atoms with Gasteiger partial charge in [-0.15, -0.1) is 0 Å². The summed E-state index contributed by atoms with van der Waals surface area (Å²) in [7, 11) is -4.64. The van der Waals surface area contributed by atoms with Crippen LogP contribution >= 0.6 is 151 Å². The number of alkyl halides is 9. The van der Waals surface area contributed by atoms with Gasteiger partial charge in [0.15, 0.2) is 0 Å². The molecule has 0 heterocycles. The summed E-state index contributed by atoms with van der Waals surface area (Å²) in [6, 6.07) is 0. The first-order valence-electron chi connectivity index (χ1n) is 8.38. The fraction of sp³-hybridized carbons (Fsp3) is 1.00. The first-order chi connectivity index (χ1) is 14.7. The third kappa shape index (κ3) is 23.4. The summed E-state index contributed by atoms with van der Waals surface area (Å²) in [6.45, 7) is 0.609. The lowest BCUT2D eigenvalue weighted by molar-refractivity contribution is 0.191. The van der Waals surface area contributed by atoms with Crippen LogP contribution in [0.4, 0.5) is 0 Å². The lowest BCUT2D eigenvalue weighted by Crippen LogP contribution is -2.30. The molecular weight excluding hydrogens is 1040 g/mol. The molecule has 0 saturated heterocycles. The standard InChI is InChI=1S/3C5H9Br3O.H3O4P/c3*6-1-5(2-7,3-8)4-9;1-5(2,3)4/h3*9H,1-4H2;(H3,1,2,3,4). The zero-order valence-corrected chi connectivity index (χ0v) is 32.1. The second-order valence-electron chi connectivity index (χ2n) is 6.69. The molecule has 7 nitrogen and oxygen atoms in total. The summed E-state index contributed by atoms with van der Waals surface area (Å²) < 4.78 is 8.88. The third-order valence-corrected chi connectivity index (χ3v) is 14.3. The van der Waals surface area contributed by atoms with Crippen molar-refractivity contribution in [3.8, 4) is 0 Å². The van der Waals surface area contributed by atoms with E-state index in [4.69, 9.17) is 34.6 Å². The number of aliphatic hydroxyl groups is 3. The Morgan fingerprint density at radius 3 is 0.531 bits per heavy atom. The molecule has 0 amide bonds. The van der Waals surface area contributed by atoms with Crippen LogP contribution in [-0.2, 0) is 4.57 Å². The third-order valence-electron chi connectivity index (χ3n) is 3.56. The Morgan fingerprint density at radius 2 is 0.531 bits per heavy atom. The summed E-state index contributed by atoms with van der Waals surface area (Å²) >= 11 is 30.0. The molecule has 0 aromatic rings. The van der Waals surface area contributed by atoms with Gasteiger partial charge in [-0.2, -0.15) is 0 Å². The highest BCUT2D eigenvalue weighted by atomic mass is 79.9. The number of halogens is 9. The lowest BCUT2D eigenvalue weighted by Gasteiger charge is -2.23. The van der Waals surface area contributed by atoms with Gasteiger partial charge in [0.2, 0.25) is 0 Å². The maximum Gasteiger partial charge on any atom is 0.466 e. The first-order valence-corrected chi connectivity index (χ1v) is 20.0. The van der Waals surface area contributed by atoms with Crippen molar-refractivity contribution in [3.05, 3.63) is 0 Å². The number of hydrogen-bond donors (Lipinski definition) is 6. The number of phosphoric acid groups is 1. The summed E-state index contributed by atoms with van der Waals surface area (Å²) in [5, 5.41) is 34.0. The summed E-state index contributed by atoms with van der Waals surface area (Å²) in [5.74, 6) is 0. The molecule has 0 rings (SSSR count). The quantitative estimate of drug-likeness (QED) is 0.112. The largest absolute Gasteiger partial charge is 0.466 e. The molecule has 0 saturated carbocycles. The van der Waals surface area contributed by atoms with Crippen LogP contribution in [-0.4, -0.2) is 97.8 Å². The smallest absolute Gasteiger partial charge is 0.396 e. The van der Waals surface area contributed by atoms with Crippen LogP contribution < -0.4 is 0 Å². The Bertz CT molecular complexity index is 341. The second kappa shape index (κ2) is 25.6. The Labute approximate surface area is 266 Å². The molecule has 0 fully saturated rings. The topological polar surface area (TPSA) is 138 Å². The molecule has 0 bridgehead atoms. The van der Waals surface area contributed by atoms with E-state index in [1.54, 1.807) is 0 Å². The molecule has 0 atom stereocenters. The van der Waals surface area contributed by atoms with Gasteiger partial charge in [0.25, 0.3) is 0 Å². The minimum Gasteiger partial charge on any atom is -0.396 e. The molecule has 0 aliphatic carbocycles. The Kier molecular flexibility index (Phi) is 34.7. The predicted octanol–water partition coefficient (Wildman–Crippen LogP) is 5.52. The molecule has 0 aromatic heterocycles. The molecular formula is C15H30Br9O7P. The van der Waals surface area contributed by atoms with E-state index in [9.17, 15) is 0 Å². The summed E-state index contributed by atoms with van der Waals surface area (Å²) in [6.07, 6.45) is 0. The fourth-order valence-corrected chi connectivity index (χ4v) is 10.7. The molecule has 200 valence electrons. The van der Waals surface area contributed by atoms with Crippen LogP contribution in [0.5, 0.6) is 0 Å². The maximum atomic E-state index is 8.89. The van der Waals surface area contributed by atoms with E-state index in [-0.39, 0.29) is 36.1 Å². The maximum absolute atomic E-state index is 8.89. The Hall–Kier alpha value is 4.31. The average Bonchev–Trinajstić information content (AvgIpc) is 2.80. The van der Waals surface area contributed by atoms with Crippen molar-refractivity contribution in [3.63, 3.8) is 0 Å². The minimum atomic E-state index is -4.64. The second-order valence-corrected chi connectivity index (χ2v) is 12.8. The Morgan fingerprint density at radius 1 is 0.438 bits per heavy atom.